The van der Waals surface area contributed by atoms with Gasteiger partial charge >= 0.3 is 0 Å². The number of hydrogen-bond acceptors (Lipinski definition) is 6. The number of ether oxygens (including phenoxy) is 1. The standard InChI is InChI=1S/C23H25FN2O4S2/c1-16-22(31-21(25-16)14-17-8-10-18(24)11-9-17)23(27)26(2)12-5-13-30-19-6-4-7-20(15-19)32(3,28)29/h4,6-11,15H,5,12-14H2,1-3H3. The Morgan fingerprint density at radius 3 is 2.59 bits per heavy atom. The number of hydrogen-bond donors (Lipinski definition) is 0. The van der Waals surface area contributed by atoms with Gasteiger partial charge in [0.25, 0.3) is 5.91 Å². The summed E-state index contributed by atoms with van der Waals surface area (Å²) in [6.45, 7) is 2.64. The van der Waals surface area contributed by atoms with Crippen LogP contribution in [-0.4, -0.2) is 50.7 Å². The first-order valence-corrected chi connectivity index (χ1v) is 12.7. The van der Waals surface area contributed by atoms with Gasteiger partial charge < -0.3 is 9.64 Å². The molecule has 2 aromatic carbocycles. The zero-order valence-corrected chi connectivity index (χ0v) is 19.8. The number of aryl methyl sites for hydroxylation is 1. The zero-order chi connectivity index (χ0) is 23.3. The summed E-state index contributed by atoms with van der Waals surface area (Å²) in [4.78, 5) is 19.8. The summed E-state index contributed by atoms with van der Waals surface area (Å²) in [5.41, 5.74) is 1.61. The van der Waals surface area contributed by atoms with Crippen LogP contribution in [0.1, 0.15) is 32.4 Å². The van der Waals surface area contributed by atoms with Crippen molar-refractivity contribution in [3.05, 3.63) is 75.5 Å². The molecule has 0 saturated heterocycles. The van der Waals surface area contributed by atoms with Gasteiger partial charge in [0.05, 0.1) is 22.2 Å². The summed E-state index contributed by atoms with van der Waals surface area (Å²) in [5, 5.41) is 0.806. The molecule has 0 aliphatic carbocycles. The first kappa shape index (κ1) is 23.9. The largest absolute Gasteiger partial charge is 0.493 e. The second-order valence-corrected chi connectivity index (χ2v) is 10.6. The van der Waals surface area contributed by atoms with Crippen LogP contribution in [0.4, 0.5) is 4.39 Å². The van der Waals surface area contributed by atoms with Crippen LogP contribution in [0.15, 0.2) is 53.4 Å². The fourth-order valence-electron chi connectivity index (χ4n) is 3.06. The van der Waals surface area contributed by atoms with E-state index in [4.69, 9.17) is 4.74 Å². The highest BCUT2D eigenvalue weighted by Gasteiger charge is 2.19. The molecule has 170 valence electrons. The molecule has 0 atom stereocenters. The van der Waals surface area contributed by atoms with Crippen LogP contribution in [0.25, 0.3) is 0 Å². The molecule has 0 N–H and O–H groups in total. The van der Waals surface area contributed by atoms with E-state index in [9.17, 15) is 17.6 Å². The van der Waals surface area contributed by atoms with Gasteiger partial charge in [0.15, 0.2) is 9.84 Å². The zero-order valence-electron chi connectivity index (χ0n) is 18.2. The first-order chi connectivity index (χ1) is 15.1. The van der Waals surface area contributed by atoms with Crippen LogP contribution in [0.5, 0.6) is 5.75 Å². The van der Waals surface area contributed by atoms with Crippen molar-refractivity contribution in [1.29, 1.82) is 0 Å². The molecule has 1 aromatic heterocycles. The molecule has 0 fully saturated rings. The van der Waals surface area contributed by atoms with Crippen molar-refractivity contribution >= 4 is 27.1 Å². The monoisotopic (exact) mass is 476 g/mol. The Bertz CT molecular complexity index is 1190. The maximum Gasteiger partial charge on any atom is 0.265 e. The Kier molecular flexibility index (Phi) is 7.63. The number of carbonyl (C=O) groups excluding carboxylic acids is 1. The van der Waals surface area contributed by atoms with Gasteiger partial charge in [-0.1, -0.05) is 18.2 Å². The van der Waals surface area contributed by atoms with Crippen molar-refractivity contribution in [2.24, 2.45) is 0 Å². The molecular formula is C23H25FN2O4S2. The summed E-state index contributed by atoms with van der Waals surface area (Å²) in [7, 11) is -1.56. The molecule has 0 radical (unpaired) electrons. The molecule has 32 heavy (non-hydrogen) atoms. The Hall–Kier alpha value is -2.78. The van der Waals surface area contributed by atoms with E-state index in [1.807, 2.05) is 6.92 Å². The quantitative estimate of drug-likeness (QED) is 0.434. The molecule has 0 unspecified atom stereocenters. The van der Waals surface area contributed by atoms with Crippen molar-refractivity contribution in [2.45, 2.75) is 24.7 Å². The Morgan fingerprint density at radius 2 is 1.91 bits per heavy atom. The Balaban J connectivity index is 1.52. The third-order valence-electron chi connectivity index (χ3n) is 4.79. The number of sulfone groups is 1. The maximum atomic E-state index is 13.1. The van der Waals surface area contributed by atoms with Gasteiger partial charge in [-0.05, 0) is 49.2 Å². The summed E-state index contributed by atoms with van der Waals surface area (Å²) < 4.78 is 42.0. The summed E-state index contributed by atoms with van der Waals surface area (Å²) in [6, 6.07) is 12.6. The lowest BCUT2D eigenvalue weighted by molar-refractivity contribution is 0.0791. The lowest BCUT2D eigenvalue weighted by Crippen LogP contribution is -2.28. The molecule has 3 aromatic rings. The Labute approximate surface area is 191 Å². The van der Waals surface area contributed by atoms with Crippen LogP contribution in [-0.2, 0) is 16.3 Å². The average Bonchev–Trinajstić information content (AvgIpc) is 3.11. The number of thiazole rings is 1. The minimum absolute atomic E-state index is 0.107. The second kappa shape index (κ2) is 10.2. The van der Waals surface area contributed by atoms with E-state index in [0.717, 1.165) is 16.8 Å². The van der Waals surface area contributed by atoms with E-state index >= 15 is 0 Å². The van der Waals surface area contributed by atoms with Crippen molar-refractivity contribution in [1.82, 2.24) is 9.88 Å². The number of rotatable bonds is 9. The van der Waals surface area contributed by atoms with E-state index in [1.54, 1.807) is 36.2 Å². The smallest absolute Gasteiger partial charge is 0.265 e. The van der Waals surface area contributed by atoms with Gasteiger partial charge in [0, 0.05) is 26.3 Å². The average molecular weight is 477 g/mol. The van der Waals surface area contributed by atoms with Gasteiger partial charge in [-0.15, -0.1) is 11.3 Å². The second-order valence-electron chi connectivity index (χ2n) is 7.50. The highest BCUT2D eigenvalue weighted by atomic mass is 32.2. The van der Waals surface area contributed by atoms with Crippen molar-refractivity contribution < 1.29 is 22.3 Å². The minimum Gasteiger partial charge on any atom is -0.493 e. The lowest BCUT2D eigenvalue weighted by atomic mass is 10.1. The van der Waals surface area contributed by atoms with Crippen LogP contribution in [0.2, 0.25) is 0 Å². The van der Waals surface area contributed by atoms with Gasteiger partial charge in [-0.2, -0.15) is 0 Å². The number of nitrogens with zero attached hydrogens (tertiary/aromatic N) is 2. The number of benzene rings is 2. The fraction of sp³-hybridized carbons (Fsp3) is 0.304. The molecule has 0 bridgehead atoms. The number of halogens is 1. The van der Waals surface area contributed by atoms with E-state index in [0.29, 0.717) is 42.3 Å². The fourth-order valence-corrected chi connectivity index (χ4v) is 4.81. The molecule has 3 rings (SSSR count). The first-order valence-electron chi connectivity index (χ1n) is 10.0. The third-order valence-corrected chi connectivity index (χ3v) is 7.05. The van der Waals surface area contributed by atoms with Gasteiger partial charge in [0.1, 0.15) is 16.4 Å². The van der Waals surface area contributed by atoms with Crippen molar-refractivity contribution in [2.75, 3.05) is 26.5 Å². The molecular weight excluding hydrogens is 451 g/mol. The topological polar surface area (TPSA) is 76.6 Å². The van der Waals surface area contributed by atoms with Crippen LogP contribution in [0.3, 0.4) is 0 Å². The molecule has 0 aliphatic heterocycles. The van der Waals surface area contributed by atoms with Crippen LogP contribution in [0, 0.1) is 12.7 Å². The number of carbonyl (C=O) groups is 1. The predicted octanol–water partition coefficient (Wildman–Crippen LogP) is 4.13. The lowest BCUT2D eigenvalue weighted by Gasteiger charge is -2.16. The number of aromatic nitrogens is 1. The summed E-state index contributed by atoms with van der Waals surface area (Å²) >= 11 is 1.35. The van der Waals surface area contributed by atoms with Crippen molar-refractivity contribution in [3.63, 3.8) is 0 Å². The third kappa shape index (κ3) is 6.37. The van der Waals surface area contributed by atoms with Gasteiger partial charge in [-0.3, -0.25) is 4.79 Å². The SMILES string of the molecule is Cc1nc(Cc2ccc(F)cc2)sc1C(=O)N(C)CCCOc1cccc(S(C)(=O)=O)c1. The highest BCUT2D eigenvalue weighted by molar-refractivity contribution is 7.90. The molecule has 6 nitrogen and oxygen atoms in total. The van der Waals surface area contributed by atoms with Gasteiger partial charge in [-0.25, -0.2) is 17.8 Å². The van der Waals surface area contributed by atoms with E-state index < -0.39 is 9.84 Å². The molecule has 0 aliphatic rings. The van der Waals surface area contributed by atoms with E-state index in [-0.39, 0.29) is 16.6 Å². The molecule has 0 saturated carbocycles. The van der Waals surface area contributed by atoms with Crippen LogP contribution < -0.4 is 4.74 Å². The molecule has 9 heteroatoms. The summed E-state index contributed by atoms with van der Waals surface area (Å²) in [5.74, 6) is 0.0868. The minimum atomic E-state index is -3.29. The predicted molar refractivity (Wildman–Crippen MR) is 123 cm³/mol. The highest BCUT2D eigenvalue weighted by Crippen LogP contribution is 2.23. The molecule has 1 amide bonds. The Morgan fingerprint density at radius 1 is 1.19 bits per heavy atom. The van der Waals surface area contributed by atoms with Crippen molar-refractivity contribution in [3.8, 4) is 5.75 Å². The number of amides is 1. The van der Waals surface area contributed by atoms with E-state index in [1.165, 1.54) is 35.6 Å². The van der Waals surface area contributed by atoms with Gasteiger partial charge in [0.2, 0.25) is 0 Å². The maximum absolute atomic E-state index is 13.1. The van der Waals surface area contributed by atoms with Crippen LogP contribution >= 0.6 is 11.3 Å². The summed E-state index contributed by atoms with van der Waals surface area (Å²) in [6.07, 6.45) is 2.29. The van der Waals surface area contributed by atoms with E-state index in [2.05, 4.69) is 4.98 Å². The normalized spacial score (nSPS) is 11.4. The molecule has 1 heterocycles. The molecule has 0 spiro atoms.